The molecule has 1 atom stereocenters. The van der Waals surface area contributed by atoms with Gasteiger partial charge < -0.3 is 15.6 Å². The number of nitrogens with two attached hydrogens (primary N) is 1. The van der Waals surface area contributed by atoms with Crippen LogP contribution >= 0.6 is 0 Å². The highest BCUT2D eigenvalue weighted by Crippen LogP contribution is 2.05. The van der Waals surface area contributed by atoms with Crippen LogP contribution in [0.5, 0.6) is 0 Å². The molecule has 3 N–H and O–H groups in total. The molecule has 0 fully saturated rings. The molecule has 1 rings (SSSR count). The fraction of sp³-hybridized carbons (Fsp3) is 0.538. The van der Waals surface area contributed by atoms with Gasteiger partial charge in [0.2, 0.25) is 5.91 Å². The van der Waals surface area contributed by atoms with E-state index in [1.165, 1.54) is 6.07 Å². The SMILES string of the molecule is CCCn1cc(NC(=O)CC(N)CC)ccc1=O. The van der Waals surface area contributed by atoms with Gasteiger partial charge in [-0.3, -0.25) is 9.59 Å². The maximum Gasteiger partial charge on any atom is 0.250 e. The van der Waals surface area contributed by atoms with Crippen LogP contribution in [0.1, 0.15) is 33.1 Å². The minimum Gasteiger partial charge on any atom is -0.327 e. The molecule has 100 valence electrons. The number of pyridine rings is 1. The summed E-state index contributed by atoms with van der Waals surface area (Å²) in [5, 5.41) is 2.75. The summed E-state index contributed by atoms with van der Waals surface area (Å²) in [6.07, 6.45) is 3.60. The molecule has 0 aliphatic carbocycles. The summed E-state index contributed by atoms with van der Waals surface area (Å²) in [4.78, 5) is 23.2. The van der Waals surface area contributed by atoms with Gasteiger partial charge in [-0.1, -0.05) is 13.8 Å². The predicted molar refractivity (Wildman–Crippen MR) is 72.5 cm³/mol. The fourth-order valence-corrected chi connectivity index (χ4v) is 1.62. The van der Waals surface area contributed by atoms with E-state index in [4.69, 9.17) is 5.73 Å². The normalized spacial score (nSPS) is 12.2. The number of nitrogens with zero attached hydrogens (tertiary/aromatic N) is 1. The maximum absolute atomic E-state index is 11.7. The Morgan fingerprint density at radius 3 is 2.78 bits per heavy atom. The van der Waals surface area contributed by atoms with Crippen LogP contribution < -0.4 is 16.6 Å². The van der Waals surface area contributed by atoms with E-state index in [1.807, 2.05) is 13.8 Å². The van der Waals surface area contributed by atoms with Gasteiger partial charge in [-0.05, 0) is 18.9 Å². The molecule has 1 aromatic rings. The van der Waals surface area contributed by atoms with Gasteiger partial charge in [0.25, 0.3) is 5.56 Å². The third kappa shape index (κ3) is 4.33. The lowest BCUT2D eigenvalue weighted by Gasteiger charge is -2.11. The lowest BCUT2D eigenvalue weighted by Crippen LogP contribution is -2.27. The molecule has 1 heterocycles. The third-order valence-corrected chi connectivity index (χ3v) is 2.70. The number of hydrogen-bond acceptors (Lipinski definition) is 3. The molecule has 0 aliphatic rings. The topological polar surface area (TPSA) is 77.1 Å². The highest BCUT2D eigenvalue weighted by Gasteiger charge is 2.08. The van der Waals surface area contributed by atoms with Crippen molar-refractivity contribution in [2.45, 2.75) is 45.7 Å². The minimum atomic E-state index is -0.119. The first-order chi connectivity index (χ1) is 8.56. The van der Waals surface area contributed by atoms with Gasteiger partial charge in [0.1, 0.15) is 0 Å². The molecule has 0 saturated carbocycles. The Labute approximate surface area is 107 Å². The van der Waals surface area contributed by atoms with E-state index < -0.39 is 0 Å². The number of hydrogen-bond donors (Lipinski definition) is 2. The van der Waals surface area contributed by atoms with E-state index in [9.17, 15) is 9.59 Å². The van der Waals surface area contributed by atoms with E-state index in [0.29, 0.717) is 18.7 Å². The van der Waals surface area contributed by atoms with Crippen molar-refractivity contribution in [3.05, 3.63) is 28.7 Å². The van der Waals surface area contributed by atoms with Crippen molar-refractivity contribution in [1.82, 2.24) is 4.57 Å². The second-order valence-corrected chi connectivity index (χ2v) is 4.37. The summed E-state index contributed by atoms with van der Waals surface area (Å²) in [7, 11) is 0. The average molecular weight is 251 g/mol. The number of aromatic nitrogens is 1. The van der Waals surface area contributed by atoms with Crippen LogP contribution in [0.3, 0.4) is 0 Å². The standard InChI is InChI=1S/C13H21N3O2/c1-3-7-16-9-11(5-6-13(16)18)15-12(17)8-10(14)4-2/h5-6,9-10H,3-4,7-8,14H2,1-2H3,(H,15,17). The van der Waals surface area contributed by atoms with Crippen LogP contribution in [-0.4, -0.2) is 16.5 Å². The number of nitrogens with one attached hydrogen (secondary N) is 1. The Hall–Kier alpha value is -1.62. The number of aryl methyl sites for hydroxylation is 1. The minimum absolute atomic E-state index is 0.0555. The quantitative estimate of drug-likeness (QED) is 0.800. The molecule has 1 amide bonds. The van der Waals surface area contributed by atoms with E-state index in [2.05, 4.69) is 5.32 Å². The Bertz CT molecular complexity index is 454. The predicted octanol–water partition coefficient (Wildman–Crippen LogP) is 1.32. The van der Waals surface area contributed by atoms with Gasteiger partial charge in [-0.25, -0.2) is 0 Å². The van der Waals surface area contributed by atoms with Gasteiger partial charge in [0.05, 0.1) is 5.69 Å². The van der Waals surface area contributed by atoms with Gasteiger partial charge in [0.15, 0.2) is 0 Å². The van der Waals surface area contributed by atoms with Crippen LogP contribution in [-0.2, 0) is 11.3 Å². The molecule has 0 aliphatic heterocycles. The largest absolute Gasteiger partial charge is 0.327 e. The van der Waals surface area contributed by atoms with Crippen molar-refractivity contribution in [2.24, 2.45) is 5.73 Å². The zero-order valence-electron chi connectivity index (χ0n) is 11.0. The number of rotatable bonds is 6. The van der Waals surface area contributed by atoms with E-state index in [-0.39, 0.29) is 17.5 Å². The van der Waals surface area contributed by atoms with Crippen LogP contribution in [0.2, 0.25) is 0 Å². The summed E-state index contributed by atoms with van der Waals surface area (Å²) in [5.74, 6) is -0.119. The lowest BCUT2D eigenvalue weighted by atomic mass is 10.1. The van der Waals surface area contributed by atoms with Crippen molar-refractivity contribution < 1.29 is 4.79 Å². The van der Waals surface area contributed by atoms with Crippen molar-refractivity contribution in [3.8, 4) is 0 Å². The van der Waals surface area contributed by atoms with Crippen LogP contribution in [0, 0.1) is 0 Å². The zero-order chi connectivity index (χ0) is 13.5. The molecule has 1 aromatic heterocycles. The van der Waals surface area contributed by atoms with Crippen LogP contribution in [0.4, 0.5) is 5.69 Å². The highest BCUT2D eigenvalue weighted by molar-refractivity contribution is 5.90. The number of amides is 1. The Morgan fingerprint density at radius 1 is 1.44 bits per heavy atom. The van der Waals surface area contributed by atoms with Gasteiger partial charge >= 0.3 is 0 Å². The number of carbonyl (C=O) groups is 1. The fourth-order valence-electron chi connectivity index (χ4n) is 1.62. The molecule has 0 saturated heterocycles. The van der Waals surface area contributed by atoms with Crippen molar-refractivity contribution in [2.75, 3.05) is 5.32 Å². The summed E-state index contributed by atoms with van der Waals surface area (Å²) < 4.78 is 1.59. The molecule has 0 radical (unpaired) electrons. The maximum atomic E-state index is 11.7. The first-order valence-corrected chi connectivity index (χ1v) is 6.32. The van der Waals surface area contributed by atoms with Crippen molar-refractivity contribution in [1.29, 1.82) is 0 Å². The summed E-state index contributed by atoms with van der Waals surface area (Å²) in [5.41, 5.74) is 6.29. The van der Waals surface area contributed by atoms with Gasteiger partial charge in [0, 0.05) is 31.3 Å². The summed E-state index contributed by atoms with van der Waals surface area (Å²) in [6.45, 7) is 4.59. The average Bonchev–Trinajstić information content (AvgIpc) is 2.33. The molecule has 0 aromatic carbocycles. The monoisotopic (exact) mass is 251 g/mol. The lowest BCUT2D eigenvalue weighted by molar-refractivity contribution is -0.116. The van der Waals surface area contributed by atoms with E-state index >= 15 is 0 Å². The van der Waals surface area contributed by atoms with Gasteiger partial charge in [-0.15, -0.1) is 0 Å². The molecule has 0 bridgehead atoms. The second-order valence-electron chi connectivity index (χ2n) is 4.37. The van der Waals surface area contributed by atoms with E-state index in [1.54, 1.807) is 16.8 Å². The first kappa shape index (κ1) is 14.4. The molecule has 1 unspecified atom stereocenters. The third-order valence-electron chi connectivity index (χ3n) is 2.70. The summed E-state index contributed by atoms with van der Waals surface area (Å²) >= 11 is 0. The molecular formula is C13H21N3O2. The second kappa shape index (κ2) is 6.96. The molecule has 5 heteroatoms. The number of anilines is 1. The Balaban J connectivity index is 2.70. The van der Waals surface area contributed by atoms with Crippen LogP contribution in [0.25, 0.3) is 0 Å². The van der Waals surface area contributed by atoms with Gasteiger partial charge in [-0.2, -0.15) is 0 Å². The van der Waals surface area contributed by atoms with Crippen molar-refractivity contribution in [3.63, 3.8) is 0 Å². The summed E-state index contributed by atoms with van der Waals surface area (Å²) in [6, 6.07) is 2.96. The smallest absolute Gasteiger partial charge is 0.250 e. The number of carbonyl (C=O) groups excluding carboxylic acids is 1. The van der Waals surface area contributed by atoms with Crippen molar-refractivity contribution >= 4 is 11.6 Å². The Morgan fingerprint density at radius 2 is 2.17 bits per heavy atom. The molecule has 18 heavy (non-hydrogen) atoms. The first-order valence-electron chi connectivity index (χ1n) is 6.32. The molecule has 0 spiro atoms. The van der Waals surface area contributed by atoms with Crippen LogP contribution in [0.15, 0.2) is 23.1 Å². The molecular weight excluding hydrogens is 230 g/mol. The Kier molecular flexibility index (Phi) is 5.58. The van der Waals surface area contributed by atoms with E-state index in [0.717, 1.165) is 12.8 Å². The highest BCUT2D eigenvalue weighted by atomic mass is 16.1. The molecule has 5 nitrogen and oxygen atoms in total. The zero-order valence-corrected chi connectivity index (χ0v) is 11.0.